The smallest absolute Gasteiger partial charge is 0.254 e. The number of halogens is 2. The molecule has 0 saturated heterocycles. The highest BCUT2D eigenvalue weighted by molar-refractivity contribution is 5.94. The molecule has 0 bridgehead atoms. The van der Waals surface area contributed by atoms with E-state index in [1.165, 1.54) is 38.5 Å². The first-order chi connectivity index (χ1) is 11.0. The number of rotatable bonds is 5. The van der Waals surface area contributed by atoms with Crippen molar-refractivity contribution in [1.29, 1.82) is 0 Å². The molecule has 0 spiro atoms. The third-order valence-electron chi connectivity index (χ3n) is 3.44. The minimum Gasteiger partial charge on any atom is -0.497 e. The maximum Gasteiger partial charge on any atom is 0.254 e. The molecule has 0 aliphatic carbocycles. The molecule has 0 aliphatic heterocycles. The second kappa shape index (κ2) is 7.09. The Morgan fingerprint density at radius 3 is 2.35 bits per heavy atom. The van der Waals surface area contributed by atoms with Gasteiger partial charge in [-0.2, -0.15) is 0 Å². The summed E-state index contributed by atoms with van der Waals surface area (Å²) in [5.41, 5.74) is 0.442. The van der Waals surface area contributed by atoms with E-state index in [0.29, 0.717) is 11.3 Å². The predicted octanol–water partition coefficient (Wildman–Crippen LogP) is 3.47. The van der Waals surface area contributed by atoms with Crippen molar-refractivity contribution in [3.63, 3.8) is 0 Å². The third-order valence-corrected chi connectivity index (χ3v) is 3.44. The molecule has 2 aromatic rings. The van der Waals surface area contributed by atoms with E-state index < -0.39 is 23.6 Å². The van der Waals surface area contributed by atoms with Crippen molar-refractivity contribution in [2.75, 3.05) is 14.2 Å². The van der Waals surface area contributed by atoms with Crippen molar-refractivity contribution < 1.29 is 23.0 Å². The van der Waals surface area contributed by atoms with Gasteiger partial charge in [-0.15, -0.1) is 0 Å². The van der Waals surface area contributed by atoms with Crippen molar-refractivity contribution in [1.82, 2.24) is 5.32 Å². The molecule has 1 N–H and O–H groups in total. The SMILES string of the molecule is COc1ccc(C(=O)NC(C)c2ccc(OC)c(F)c2)c(F)c1. The van der Waals surface area contributed by atoms with Gasteiger partial charge in [0.15, 0.2) is 11.6 Å². The molecule has 122 valence electrons. The Morgan fingerprint density at radius 1 is 1.04 bits per heavy atom. The highest BCUT2D eigenvalue weighted by Gasteiger charge is 2.17. The fourth-order valence-electron chi connectivity index (χ4n) is 2.12. The number of hydrogen-bond donors (Lipinski definition) is 1. The third kappa shape index (κ3) is 3.77. The summed E-state index contributed by atoms with van der Waals surface area (Å²) < 4.78 is 37.3. The van der Waals surface area contributed by atoms with Crippen LogP contribution >= 0.6 is 0 Å². The molecule has 0 fully saturated rings. The van der Waals surface area contributed by atoms with E-state index in [1.54, 1.807) is 13.0 Å². The fraction of sp³-hybridized carbons (Fsp3) is 0.235. The maximum atomic E-state index is 13.9. The van der Waals surface area contributed by atoms with E-state index in [4.69, 9.17) is 9.47 Å². The molecule has 23 heavy (non-hydrogen) atoms. The minimum absolute atomic E-state index is 0.105. The Morgan fingerprint density at radius 2 is 1.78 bits per heavy atom. The van der Waals surface area contributed by atoms with E-state index in [0.717, 1.165) is 6.07 Å². The van der Waals surface area contributed by atoms with Gasteiger partial charge in [0.2, 0.25) is 0 Å². The lowest BCUT2D eigenvalue weighted by Gasteiger charge is -2.15. The largest absolute Gasteiger partial charge is 0.497 e. The van der Waals surface area contributed by atoms with E-state index in [2.05, 4.69) is 5.32 Å². The highest BCUT2D eigenvalue weighted by Crippen LogP contribution is 2.22. The second-order valence-electron chi connectivity index (χ2n) is 4.93. The highest BCUT2D eigenvalue weighted by atomic mass is 19.1. The summed E-state index contributed by atoms with van der Waals surface area (Å²) in [5, 5.41) is 2.63. The van der Waals surface area contributed by atoms with Gasteiger partial charge in [0.1, 0.15) is 11.6 Å². The molecule has 1 unspecified atom stereocenters. The van der Waals surface area contributed by atoms with Crippen LogP contribution in [0.4, 0.5) is 8.78 Å². The molecule has 4 nitrogen and oxygen atoms in total. The molecule has 0 aromatic heterocycles. The lowest BCUT2D eigenvalue weighted by Crippen LogP contribution is -2.27. The van der Waals surface area contributed by atoms with E-state index in [9.17, 15) is 13.6 Å². The van der Waals surface area contributed by atoms with Crippen LogP contribution in [0.5, 0.6) is 11.5 Å². The normalized spacial score (nSPS) is 11.7. The van der Waals surface area contributed by atoms with Crippen molar-refractivity contribution in [3.8, 4) is 11.5 Å². The molecule has 1 atom stereocenters. The summed E-state index contributed by atoms with van der Waals surface area (Å²) >= 11 is 0. The molecule has 0 radical (unpaired) electrons. The summed E-state index contributed by atoms with van der Waals surface area (Å²) in [6, 6.07) is 7.85. The first-order valence-corrected chi connectivity index (χ1v) is 6.94. The fourth-order valence-corrected chi connectivity index (χ4v) is 2.12. The Labute approximate surface area is 133 Å². The Hall–Kier alpha value is -2.63. The first kappa shape index (κ1) is 16.7. The van der Waals surface area contributed by atoms with Gasteiger partial charge in [-0.05, 0) is 36.8 Å². The van der Waals surface area contributed by atoms with Crippen LogP contribution in [0.1, 0.15) is 28.9 Å². The lowest BCUT2D eigenvalue weighted by atomic mass is 10.1. The van der Waals surface area contributed by atoms with Gasteiger partial charge < -0.3 is 14.8 Å². The number of benzene rings is 2. The number of hydrogen-bond acceptors (Lipinski definition) is 3. The quantitative estimate of drug-likeness (QED) is 0.917. The Balaban J connectivity index is 2.15. The predicted molar refractivity (Wildman–Crippen MR) is 81.8 cm³/mol. The van der Waals surface area contributed by atoms with Gasteiger partial charge in [-0.25, -0.2) is 8.78 Å². The average molecular weight is 321 g/mol. The molecular weight excluding hydrogens is 304 g/mol. The van der Waals surface area contributed by atoms with Crippen molar-refractivity contribution >= 4 is 5.91 Å². The molecule has 2 aromatic carbocycles. The number of carbonyl (C=O) groups is 1. The molecule has 6 heteroatoms. The van der Waals surface area contributed by atoms with Gasteiger partial charge in [0.25, 0.3) is 5.91 Å². The first-order valence-electron chi connectivity index (χ1n) is 6.94. The maximum absolute atomic E-state index is 13.9. The number of amides is 1. The van der Waals surface area contributed by atoms with Gasteiger partial charge in [-0.3, -0.25) is 4.79 Å². The number of ether oxygens (including phenoxy) is 2. The summed E-state index contributed by atoms with van der Waals surface area (Å²) in [5.74, 6) is -1.36. The molecule has 2 rings (SSSR count). The zero-order valence-corrected chi connectivity index (χ0v) is 13.0. The topological polar surface area (TPSA) is 47.6 Å². The van der Waals surface area contributed by atoms with Crippen LogP contribution in [-0.2, 0) is 0 Å². The molecule has 0 aliphatic rings. The number of carbonyl (C=O) groups excluding carboxylic acids is 1. The van der Waals surface area contributed by atoms with E-state index >= 15 is 0 Å². The molecule has 1 amide bonds. The van der Waals surface area contributed by atoms with Crippen molar-refractivity contribution in [2.24, 2.45) is 0 Å². The van der Waals surface area contributed by atoms with E-state index in [-0.39, 0.29) is 11.3 Å². The summed E-state index contributed by atoms with van der Waals surface area (Å²) in [6.07, 6.45) is 0. The van der Waals surface area contributed by atoms with Crippen LogP contribution in [0, 0.1) is 11.6 Å². The summed E-state index contributed by atoms with van der Waals surface area (Å²) in [7, 11) is 2.78. The second-order valence-corrected chi connectivity index (χ2v) is 4.93. The van der Waals surface area contributed by atoms with Crippen LogP contribution in [0.15, 0.2) is 36.4 Å². The van der Waals surface area contributed by atoms with Crippen LogP contribution in [0.3, 0.4) is 0 Å². The van der Waals surface area contributed by atoms with Crippen LogP contribution in [-0.4, -0.2) is 20.1 Å². The summed E-state index contributed by atoms with van der Waals surface area (Å²) in [4.78, 5) is 12.1. The van der Waals surface area contributed by atoms with Crippen LogP contribution in [0.25, 0.3) is 0 Å². The Kier molecular flexibility index (Phi) is 5.16. The monoisotopic (exact) mass is 321 g/mol. The zero-order chi connectivity index (χ0) is 17.0. The standard InChI is InChI=1S/C17H17F2NO3/c1-10(11-4-7-16(23-3)15(19)8-11)20-17(21)13-6-5-12(22-2)9-14(13)18/h4-10H,1-3H3,(H,20,21). The lowest BCUT2D eigenvalue weighted by molar-refractivity contribution is 0.0935. The average Bonchev–Trinajstić information content (AvgIpc) is 2.54. The zero-order valence-electron chi connectivity index (χ0n) is 13.0. The van der Waals surface area contributed by atoms with Gasteiger partial charge in [0, 0.05) is 6.07 Å². The van der Waals surface area contributed by atoms with Crippen LogP contribution in [0.2, 0.25) is 0 Å². The van der Waals surface area contributed by atoms with Gasteiger partial charge in [0.05, 0.1) is 25.8 Å². The molecule has 0 heterocycles. The van der Waals surface area contributed by atoms with Gasteiger partial charge in [-0.1, -0.05) is 6.07 Å². The van der Waals surface area contributed by atoms with Crippen molar-refractivity contribution in [3.05, 3.63) is 59.2 Å². The van der Waals surface area contributed by atoms with Crippen LogP contribution < -0.4 is 14.8 Å². The molecular formula is C17H17F2NO3. The number of nitrogens with one attached hydrogen (secondary N) is 1. The minimum atomic E-state index is -0.685. The number of methoxy groups -OCH3 is 2. The molecule has 0 saturated carbocycles. The van der Waals surface area contributed by atoms with Gasteiger partial charge >= 0.3 is 0 Å². The Bertz CT molecular complexity index is 719. The summed E-state index contributed by atoms with van der Waals surface area (Å²) in [6.45, 7) is 1.68. The van der Waals surface area contributed by atoms with Crippen molar-refractivity contribution in [2.45, 2.75) is 13.0 Å². The van der Waals surface area contributed by atoms with E-state index in [1.807, 2.05) is 0 Å².